The van der Waals surface area contributed by atoms with E-state index in [1.54, 1.807) is 0 Å². The molecule has 0 saturated carbocycles. The van der Waals surface area contributed by atoms with Crippen LogP contribution in [0.5, 0.6) is 0 Å². The fourth-order valence-electron chi connectivity index (χ4n) is 2.72. The zero-order chi connectivity index (χ0) is 16.2. The van der Waals surface area contributed by atoms with Gasteiger partial charge in [-0.2, -0.15) is 11.8 Å². The molecule has 0 aromatic heterocycles. The van der Waals surface area contributed by atoms with Crippen molar-refractivity contribution in [2.75, 3.05) is 31.1 Å². The molecular weight excluding hydrogens is 348 g/mol. The molecule has 0 aliphatic carbocycles. The van der Waals surface area contributed by atoms with E-state index >= 15 is 0 Å². The van der Waals surface area contributed by atoms with E-state index in [0.717, 1.165) is 25.3 Å². The van der Waals surface area contributed by atoms with E-state index in [4.69, 9.17) is 12.2 Å². The van der Waals surface area contributed by atoms with Crippen molar-refractivity contribution in [2.45, 2.75) is 11.7 Å². The van der Waals surface area contributed by atoms with Gasteiger partial charge in [-0.15, -0.1) is 0 Å². The molecule has 2 heterocycles. The van der Waals surface area contributed by atoms with Crippen LogP contribution in [0.2, 0.25) is 0 Å². The quantitative estimate of drug-likeness (QED) is 0.769. The van der Waals surface area contributed by atoms with Crippen molar-refractivity contribution >= 4 is 51.9 Å². The van der Waals surface area contributed by atoms with Crippen molar-refractivity contribution < 1.29 is 9.59 Å². The normalized spacial score (nSPS) is 22.3. The summed E-state index contributed by atoms with van der Waals surface area (Å²) in [6.07, 6.45) is 0.938. The van der Waals surface area contributed by atoms with Crippen LogP contribution in [0, 0.1) is 0 Å². The Labute approximate surface area is 150 Å². The summed E-state index contributed by atoms with van der Waals surface area (Å²) in [5.74, 6) is 1.22. The van der Waals surface area contributed by atoms with Gasteiger partial charge in [0.15, 0.2) is 0 Å². The van der Waals surface area contributed by atoms with Crippen LogP contribution in [0.4, 0.5) is 0 Å². The molecular formula is C16H18N2O2S3. The number of amides is 2. The Kier molecular flexibility index (Phi) is 5.61. The molecule has 2 amide bonds. The molecule has 122 valence electrons. The zero-order valence-corrected chi connectivity index (χ0v) is 15.1. The van der Waals surface area contributed by atoms with Crippen LogP contribution in [-0.2, 0) is 9.59 Å². The maximum atomic E-state index is 12.5. The second kappa shape index (κ2) is 7.68. The molecule has 1 aromatic carbocycles. The van der Waals surface area contributed by atoms with Crippen LogP contribution in [0.3, 0.4) is 0 Å². The molecule has 2 saturated heterocycles. The van der Waals surface area contributed by atoms with Gasteiger partial charge in [0.2, 0.25) is 11.8 Å². The maximum absolute atomic E-state index is 12.5. The lowest BCUT2D eigenvalue weighted by Gasteiger charge is -2.23. The Hall–Kier alpha value is -1.05. The van der Waals surface area contributed by atoms with Crippen molar-refractivity contribution in [3.05, 3.63) is 35.9 Å². The second-order valence-electron chi connectivity index (χ2n) is 5.47. The molecule has 0 spiro atoms. The van der Waals surface area contributed by atoms with E-state index in [2.05, 4.69) is 24.3 Å². The van der Waals surface area contributed by atoms with Gasteiger partial charge >= 0.3 is 0 Å². The molecule has 23 heavy (non-hydrogen) atoms. The van der Waals surface area contributed by atoms with Gasteiger partial charge in [0.05, 0.1) is 5.75 Å². The van der Waals surface area contributed by atoms with Crippen molar-refractivity contribution in [1.82, 2.24) is 9.80 Å². The molecule has 1 atom stereocenters. The SMILES string of the molecule is O=C(CN1C(=O)CSC1=S)N1CCS[C@H](c2ccccc2)CC1. The van der Waals surface area contributed by atoms with E-state index < -0.39 is 0 Å². The summed E-state index contributed by atoms with van der Waals surface area (Å²) >= 11 is 8.37. The molecule has 7 heteroatoms. The van der Waals surface area contributed by atoms with Gasteiger partial charge in [-0.1, -0.05) is 54.3 Å². The minimum atomic E-state index is -0.0558. The fraction of sp³-hybridized carbons (Fsp3) is 0.438. The first-order valence-electron chi connectivity index (χ1n) is 7.56. The largest absolute Gasteiger partial charge is 0.340 e. The second-order valence-corrected chi connectivity index (χ2v) is 8.39. The van der Waals surface area contributed by atoms with Crippen molar-refractivity contribution in [3.8, 4) is 0 Å². The Balaban J connectivity index is 1.58. The standard InChI is InChI=1S/C16H18N2O2S3/c19-14(10-18-15(20)11-23-16(18)21)17-7-6-13(22-9-8-17)12-4-2-1-3-5-12/h1-5,13H,6-11H2/t13-/m0/s1. The Morgan fingerprint density at radius 1 is 1.26 bits per heavy atom. The van der Waals surface area contributed by atoms with E-state index in [-0.39, 0.29) is 18.4 Å². The highest BCUT2D eigenvalue weighted by Gasteiger charge is 2.30. The van der Waals surface area contributed by atoms with Gasteiger partial charge in [-0.3, -0.25) is 14.5 Å². The van der Waals surface area contributed by atoms with Crippen LogP contribution in [-0.4, -0.2) is 57.1 Å². The summed E-state index contributed by atoms with van der Waals surface area (Å²) in [6, 6.07) is 10.4. The number of thiocarbonyl (C=S) groups is 1. The van der Waals surface area contributed by atoms with E-state index in [0.29, 0.717) is 15.3 Å². The highest BCUT2D eigenvalue weighted by atomic mass is 32.2. The molecule has 2 aliphatic heterocycles. The highest BCUT2D eigenvalue weighted by molar-refractivity contribution is 8.23. The molecule has 0 bridgehead atoms. The van der Waals surface area contributed by atoms with Crippen molar-refractivity contribution in [3.63, 3.8) is 0 Å². The van der Waals surface area contributed by atoms with Crippen molar-refractivity contribution in [1.29, 1.82) is 0 Å². The minimum Gasteiger partial charge on any atom is -0.340 e. The van der Waals surface area contributed by atoms with Crippen LogP contribution in [0.15, 0.2) is 30.3 Å². The zero-order valence-electron chi connectivity index (χ0n) is 12.6. The van der Waals surface area contributed by atoms with Gasteiger partial charge in [0.1, 0.15) is 10.9 Å². The summed E-state index contributed by atoms with van der Waals surface area (Å²) in [5.41, 5.74) is 1.32. The Morgan fingerprint density at radius 3 is 2.74 bits per heavy atom. The fourth-order valence-corrected chi connectivity index (χ4v) is 5.02. The molecule has 2 fully saturated rings. The lowest BCUT2D eigenvalue weighted by Crippen LogP contribution is -2.43. The Morgan fingerprint density at radius 2 is 2.04 bits per heavy atom. The molecule has 2 aliphatic rings. The summed E-state index contributed by atoms with van der Waals surface area (Å²) < 4.78 is 0.523. The highest BCUT2D eigenvalue weighted by Crippen LogP contribution is 2.34. The lowest BCUT2D eigenvalue weighted by molar-refractivity contribution is -0.135. The molecule has 1 aromatic rings. The number of nitrogens with zero attached hydrogens (tertiary/aromatic N) is 2. The van der Waals surface area contributed by atoms with Crippen LogP contribution in [0.25, 0.3) is 0 Å². The average Bonchev–Trinajstić information content (AvgIpc) is 2.79. The summed E-state index contributed by atoms with van der Waals surface area (Å²) in [7, 11) is 0. The third-order valence-corrected chi connectivity index (χ3v) is 6.76. The minimum absolute atomic E-state index is 0.00230. The van der Waals surface area contributed by atoms with Gasteiger partial charge in [-0.25, -0.2) is 0 Å². The molecule has 0 N–H and O–H groups in total. The van der Waals surface area contributed by atoms with Gasteiger partial charge in [0, 0.05) is 24.1 Å². The first-order valence-corrected chi connectivity index (χ1v) is 10.0. The molecule has 4 nitrogen and oxygen atoms in total. The van der Waals surface area contributed by atoms with E-state index in [1.165, 1.54) is 22.2 Å². The van der Waals surface area contributed by atoms with Crippen LogP contribution in [0.1, 0.15) is 17.2 Å². The average molecular weight is 367 g/mol. The lowest BCUT2D eigenvalue weighted by atomic mass is 10.1. The number of carbonyl (C=O) groups is 2. The van der Waals surface area contributed by atoms with Gasteiger partial charge in [0.25, 0.3) is 0 Å². The smallest absolute Gasteiger partial charge is 0.242 e. The van der Waals surface area contributed by atoms with E-state index in [1.807, 2.05) is 22.7 Å². The number of hydrogen-bond acceptors (Lipinski definition) is 5. The Bertz CT molecular complexity index is 593. The maximum Gasteiger partial charge on any atom is 0.242 e. The van der Waals surface area contributed by atoms with Crippen LogP contribution < -0.4 is 0 Å². The molecule has 0 unspecified atom stereocenters. The summed E-state index contributed by atoms with van der Waals surface area (Å²) in [6.45, 7) is 1.55. The number of hydrogen-bond donors (Lipinski definition) is 0. The first-order chi connectivity index (χ1) is 11.1. The molecule has 3 rings (SSSR count). The predicted molar refractivity (Wildman–Crippen MR) is 99.6 cm³/mol. The van der Waals surface area contributed by atoms with E-state index in [9.17, 15) is 9.59 Å². The third-order valence-electron chi connectivity index (χ3n) is 4.00. The summed E-state index contributed by atoms with van der Waals surface area (Å²) in [5, 5.41) is 0.430. The monoisotopic (exact) mass is 366 g/mol. The van der Waals surface area contributed by atoms with Gasteiger partial charge < -0.3 is 4.90 Å². The first kappa shape index (κ1) is 16.8. The number of benzene rings is 1. The number of carbonyl (C=O) groups excluding carboxylic acids is 2. The summed E-state index contributed by atoms with van der Waals surface area (Å²) in [4.78, 5) is 27.6. The van der Waals surface area contributed by atoms with Crippen LogP contribution >= 0.6 is 35.7 Å². The van der Waals surface area contributed by atoms with Crippen molar-refractivity contribution in [2.24, 2.45) is 0 Å². The number of thioether (sulfide) groups is 2. The topological polar surface area (TPSA) is 40.6 Å². The van der Waals surface area contributed by atoms with Gasteiger partial charge in [-0.05, 0) is 12.0 Å². The molecule has 0 radical (unpaired) electrons. The number of rotatable bonds is 3. The third kappa shape index (κ3) is 4.08. The predicted octanol–water partition coefficient (Wildman–Crippen LogP) is 2.55.